The van der Waals surface area contributed by atoms with Crippen LogP contribution in [0.3, 0.4) is 0 Å². The third-order valence-corrected chi connectivity index (χ3v) is 4.55. The Bertz CT molecular complexity index is 337. The molecule has 0 aromatic rings. The average molecular weight is 275 g/mol. The summed E-state index contributed by atoms with van der Waals surface area (Å²) >= 11 is 0. The number of hydrogen-bond acceptors (Lipinski definition) is 0. The summed E-state index contributed by atoms with van der Waals surface area (Å²) < 4.78 is 0. The monoisotopic (exact) mass is 275 g/mol. The lowest BCUT2D eigenvalue weighted by atomic mass is 9.73. The normalized spacial score (nSPS) is 17.8. The molecular weight excluding hydrogens is 240 g/mol. The Kier molecular flexibility index (Phi) is 7.62. The van der Waals surface area contributed by atoms with Gasteiger partial charge in [0.25, 0.3) is 0 Å². The highest BCUT2D eigenvalue weighted by Crippen LogP contribution is 2.51. The van der Waals surface area contributed by atoms with Crippen molar-refractivity contribution in [3.8, 4) is 0 Å². The predicted octanol–water partition coefficient (Wildman–Crippen LogP) is 7.01. The Balaban J connectivity index is 3.23. The van der Waals surface area contributed by atoms with Gasteiger partial charge in [-0.25, -0.2) is 0 Å². The van der Waals surface area contributed by atoms with Gasteiger partial charge in [0.15, 0.2) is 0 Å². The zero-order valence-corrected chi connectivity index (χ0v) is 14.6. The fourth-order valence-electron chi connectivity index (χ4n) is 3.97. The second kappa shape index (κ2) is 8.70. The quantitative estimate of drug-likeness (QED) is 0.402. The fourth-order valence-corrected chi connectivity index (χ4v) is 3.97. The molecule has 1 aliphatic rings. The first-order valence-electron chi connectivity index (χ1n) is 9.05. The van der Waals surface area contributed by atoms with E-state index in [1.807, 2.05) is 0 Å². The van der Waals surface area contributed by atoms with E-state index in [2.05, 4.69) is 40.7 Å². The standard InChI is InChI=1S/C20H35/c1-6-11-17-16-20(14-9-4,15-10-5)19(13-8-3)18(17)12-7-2/h6-15H2,1-5H3. The zero-order valence-electron chi connectivity index (χ0n) is 14.6. The Morgan fingerprint density at radius 3 is 1.70 bits per heavy atom. The van der Waals surface area contributed by atoms with Crippen LogP contribution in [-0.2, 0) is 0 Å². The highest BCUT2D eigenvalue weighted by Gasteiger charge is 2.37. The molecule has 0 aromatic heterocycles. The van der Waals surface area contributed by atoms with E-state index in [0.717, 1.165) is 0 Å². The molecule has 1 aliphatic carbocycles. The molecule has 0 fully saturated rings. The largest absolute Gasteiger partial charge is 0.0653 e. The van der Waals surface area contributed by atoms with E-state index in [9.17, 15) is 0 Å². The van der Waals surface area contributed by atoms with E-state index in [1.165, 1.54) is 64.2 Å². The van der Waals surface area contributed by atoms with Crippen LogP contribution in [0.15, 0.2) is 16.7 Å². The SMILES string of the molecule is CCCC1=[C]C(CCC)(CCC)C(CCC)=C1CCC. The van der Waals surface area contributed by atoms with Gasteiger partial charge >= 0.3 is 0 Å². The van der Waals surface area contributed by atoms with Gasteiger partial charge in [0, 0.05) is 5.41 Å². The second-order valence-corrected chi connectivity index (χ2v) is 6.39. The Morgan fingerprint density at radius 1 is 0.700 bits per heavy atom. The summed E-state index contributed by atoms with van der Waals surface area (Å²) in [7, 11) is 0. The van der Waals surface area contributed by atoms with E-state index in [4.69, 9.17) is 0 Å². The van der Waals surface area contributed by atoms with Crippen molar-refractivity contribution in [1.82, 2.24) is 0 Å². The first-order chi connectivity index (χ1) is 9.68. The molecule has 0 unspecified atom stereocenters. The summed E-state index contributed by atoms with van der Waals surface area (Å²) in [5, 5.41) is 0. The summed E-state index contributed by atoms with van der Waals surface area (Å²) in [6, 6.07) is 0. The molecule has 1 rings (SSSR count). The second-order valence-electron chi connectivity index (χ2n) is 6.39. The molecule has 0 heteroatoms. The first-order valence-corrected chi connectivity index (χ1v) is 9.05. The maximum Gasteiger partial charge on any atom is 0.0173 e. The van der Waals surface area contributed by atoms with Crippen molar-refractivity contribution in [1.29, 1.82) is 0 Å². The maximum atomic E-state index is 4.02. The summed E-state index contributed by atoms with van der Waals surface area (Å²) in [5.74, 6) is 0. The van der Waals surface area contributed by atoms with E-state index >= 15 is 0 Å². The number of hydrogen-bond donors (Lipinski definition) is 0. The van der Waals surface area contributed by atoms with Crippen LogP contribution in [-0.4, -0.2) is 0 Å². The van der Waals surface area contributed by atoms with E-state index in [0.29, 0.717) is 5.41 Å². The topological polar surface area (TPSA) is 0 Å². The van der Waals surface area contributed by atoms with Crippen LogP contribution in [0.2, 0.25) is 0 Å². The molecule has 0 spiro atoms. The Labute approximate surface area is 127 Å². The highest BCUT2D eigenvalue weighted by atomic mass is 14.4. The van der Waals surface area contributed by atoms with Crippen LogP contribution < -0.4 is 0 Å². The van der Waals surface area contributed by atoms with E-state index in [1.54, 1.807) is 16.7 Å². The molecule has 0 amide bonds. The van der Waals surface area contributed by atoms with Crippen molar-refractivity contribution in [3.63, 3.8) is 0 Å². The van der Waals surface area contributed by atoms with Crippen LogP contribution in [0, 0.1) is 11.5 Å². The molecule has 0 aromatic carbocycles. The van der Waals surface area contributed by atoms with Crippen LogP contribution in [0.5, 0.6) is 0 Å². The molecule has 1 radical (unpaired) electrons. The summed E-state index contributed by atoms with van der Waals surface area (Å²) in [4.78, 5) is 0. The summed E-state index contributed by atoms with van der Waals surface area (Å²) in [6.07, 6.45) is 16.8. The van der Waals surface area contributed by atoms with Crippen molar-refractivity contribution < 1.29 is 0 Å². The smallest absolute Gasteiger partial charge is 0.0173 e. The van der Waals surface area contributed by atoms with Crippen LogP contribution in [0.1, 0.15) is 98.8 Å². The van der Waals surface area contributed by atoms with Crippen molar-refractivity contribution in [3.05, 3.63) is 22.8 Å². The van der Waals surface area contributed by atoms with Crippen molar-refractivity contribution in [2.24, 2.45) is 5.41 Å². The number of allylic oxidation sites excluding steroid dienone is 4. The lowest BCUT2D eigenvalue weighted by Crippen LogP contribution is -2.20. The van der Waals surface area contributed by atoms with Gasteiger partial charge in [-0.1, -0.05) is 72.3 Å². The molecule has 0 atom stereocenters. The van der Waals surface area contributed by atoms with Crippen molar-refractivity contribution in [2.75, 3.05) is 0 Å². The highest BCUT2D eigenvalue weighted by molar-refractivity contribution is 5.46. The maximum absolute atomic E-state index is 4.02. The summed E-state index contributed by atoms with van der Waals surface area (Å²) in [5.41, 5.74) is 5.36. The van der Waals surface area contributed by atoms with Crippen molar-refractivity contribution in [2.45, 2.75) is 98.8 Å². The van der Waals surface area contributed by atoms with E-state index in [-0.39, 0.29) is 0 Å². The van der Waals surface area contributed by atoms with Crippen LogP contribution >= 0.6 is 0 Å². The zero-order chi connectivity index (χ0) is 15.0. The minimum absolute atomic E-state index is 0.300. The molecule has 20 heavy (non-hydrogen) atoms. The van der Waals surface area contributed by atoms with Gasteiger partial charge in [-0.3, -0.25) is 0 Å². The first kappa shape index (κ1) is 17.5. The molecular formula is C20H35. The Morgan fingerprint density at radius 2 is 1.25 bits per heavy atom. The van der Waals surface area contributed by atoms with Gasteiger partial charge in [-0.2, -0.15) is 0 Å². The molecule has 0 saturated carbocycles. The molecule has 0 heterocycles. The minimum atomic E-state index is 0.300. The third kappa shape index (κ3) is 3.77. The fraction of sp³-hybridized carbons (Fsp3) is 0.800. The van der Waals surface area contributed by atoms with Gasteiger partial charge in [-0.05, 0) is 49.3 Å². The van der Waals surface area contributed by atoms with Crippen LogP contribution in [0.25, 0.3) is 0 Å². The number of rotatable bonds is 10. The lowest BCUT2D eigenvalue weighted by molar-refractivity contribution is 0.358. The molecule has 0 aliphatic heterocycles. The average Bonchev–Trinajstić information content (AvgIpc) is 2.67. The van der Waals surface area contributed by atoms with Gasteiger partial charge < -0.3 is 0 Å². The van der Waals surface area contributed by atoms with E-state index < -0.39 is 0 Å². The molecule has 0 N–H and O–H groups in total. The molecule has 0 nitrogen and oxygen atoms in total. The summed E-state index contributed by atoms with van der Waals surface area (Å²) in [6.45, 7) is 11.6. The van der Waals surface area contributed by atoms with Gasteiger partial charge in [-0.15, -0.1) is 0 Å². The molecule has 0 bridgehead atoms. The van der Waals surface area contributed by atoms with Gasteiger partial charge in [0.1, 0.15) is 0 Å². The van der Waals surface area contributed by atoms with Crippen LogP contribution in [0.4, 0.5) is 0 Å². The molecule has 0 saturated heterocycles. The minimum Gasteiger partial charge on any atom is -0.0653 e. The Hall–Kier alpha value is -0.520. The lowest BCUT2D eigenvalue weighted by Gasteiger charge is -2.31. The predicted molar refractivity (Wildman–Crippen MR) is 90.8 cm³/mol. The van der Waals surface area contributed by atoms with Gasteiger partial charge in [0.05, 0.1) is 0 Å². The van der Waals surface area contributed by atoms with Crippen molar-refractivity contribution >= 4 is 0 Å². The van der Waals surface area contributed by atoms with Gasteiger partial charge in [0.2, 0.25) is 0 Å². The third-order valence-electron chi connectivity index (χ3n) is 4.55. The molecule has 115 valence electrons.